The van der Waals surface area contributed by atoms with Gasteiger partial charge in [-0.1, -0.05) is 54.6 Å². The lowest BCUT2D eigenvalue weighted by atomic mass is 10.1. The minimum Gasteiger partial charge on any atom is -0.488 e. The predicted molar refractivity (Wildman–Crippen MR) is 121 cm³/mol. The van der Waals surface area contributed by atoms with Gasteiger partial charge in [-0.15, -0.1) is 11.3 Å². The Morgan fingerprint density at radius 1 is 1.09 bits per heavy atom. The van der Waals surface area contributed by atoms with Crippen LogP contribution in [0.5, 0.6) is 5.75 Å². The van der Waals surface area contributed by atoms with Crippen molar-refractivity contribution in [1.29, 1.82) is 0 Å². The second-order valence-electron chi connectivity index (χ2n) is 7.80. The first kappa shape index (κ1) is 23.1. The third-order valence-electron chi connectivity index (χ3n) is 5.40. The summed E-state index contributed by atoms with van der Waals surface area (Å²) < 4.78 is 46.3. The molecule has 0 spiro atoms. The number of nitrogens with one attached hydrogen (secondary N) is 1. The zero-order valence-electron chi connectivity index (χ0n) is 17.5. The van der Waals surface area contributed by atoms with Crippen molar-refractivity contribution in [3.8, 4) is 16.9 Å². The van der Waals surface area contributed by atoms with Crippen molar-refractivity contribution in [2.24, 2.45) is 5.92 Å². The number of carbonyl (C=O) groups is 1. The highest BCUT2D eigenvalue weighted by Gasteiger charge is 2.36. The van der Waals surface area contributed by atoms with Gasteiger partial charge in [-0.2, -0.15) is 13.2 Å². The average molecular weight is 474 g/mol. The highest BCUT2D eigenvalue weighted by molar-refractivity contribution is 7.12. The van der Waals surface area contributed by atoms with E-state index in [1.807, 2.05) is 18.2 Å². The van der Waals surface area contributed by atoms with Crippen molar-refractivity contribution in [3.05, 3.63) is 88.1 Å². The molecule has 2 atom stereocenters. The monoisotopic (exact) mass is 473 g/mol. The Morgan fingerprint density at radius 2 is 1.82 bits per heavy atom. The van der Waals surface area contributed by atoms with Crippen LogP contribution in [0.2, 0.25) is 0 Å². The maximum absolute atomic E-state index is 13.5. The van der Waals surface area contributed by atoms with Crippen LogP contribution in [0.1, 0.15) is 21.7 Å². The molecule has 0 aliphatic heterocycles. The standard InChI is InChI=1S/C25H22F3NO3S/c26-25(27,28)23-22(17-4-2-1-3-5-17)13-21(33-23)15-32-20-10-6-16(7-11-20)14-29-19-9-8-18(12-19)24(30)31/h1-11,13,18-19,29H,12,14-15H2,(H,30,31)/t18-,19?/m0/s1. The molecule has 0 saturated heterocycles. The summed E-state index contributed by atoms with van der Waals surface area (Å²) in [5.74, 6) is -0.703. The number of alkyl halides is 3. The Labute approximate surface area is 193 Å². The van der Waals surface area contributed by atoms with E-state index in [1.165, 1.54) is 0 Å². The van der Waals surface area contributed by atoms with E-state index in [-0.39, 0.29) is 18.2 Å². The van der Waals surface area contributed by atoms with Crippen molar-refractivity contribution in [2.45, 2.75) is 31.8 Å². The van der Waals surface area contributed by atoms with Crippen LogP contribution < -0.4 is 10.1 Å². The van der Waals surface area contributed by atoms with Crippen LogP contribution >= 0.6 is 11.3 Å². The topological polar surface area (TPSA) is 58.6 Å². The molecule has 0 fully saturated rings. The van der Waals surface area contributed by atoms with E-state index in [9.17, 15) is 18.0 Å². The summed E-state index contributed by atoms with van der Waals surface area (Å²) in [5, 5.41) is 12.3. The van der Waals surface area contributed by atoms with Gasteiger partial charge in [0.2, 0.25) is 0 Å². The molecule has 172 valence electrons. The lowest BCUT2D eigenvalue weighted by Gasteiger charge is -2.12. The van der Waals surface area contributed by atoms with Crippen LogP contribution in [0.4, 0.5) is 13.2 Å². The Balaban J connectivity index is 1.35. The first-order valence-corrected chi connectivity index (χ1v) is 11.2. The van der Waals surface area contributed by atoms with E-state index >= 15 is 0 Å². The first-order valence-electron chi connectivity index (χ1n) is 10.4. The normalized spacial score (nSPS) is 17.9. The van der Waals surface area contributed by atoms with Crippen molar-refractivity contribution < 1.29 is 27.8 Å². The van der Waals surface area contributed by atoms with Crippen LogP contribution in [-0.2, 0) is 24.1 Å². The number of halogens is 3. The summed E-state index contributed by atoms with van der Waals surface area (Å²) in [7, 11) is 0. The fraction of sp³-hybridized carbons (Fsp3) is 0.240. The third-order valence-corrected chi connectivity index (χ3v) is 6.55. The molecule has 0 bridgehead atoms. The lowest BCUT2D eigenvalue weighted by Crippen LogP contribution is -2.26. The summed E-state index contributed by atoms with van der Waals surface area (Å²) in [6.45, 7) is 0.615. The smallest absolute Gasteiger partial charge is 0.426 e. The molecule has 33 heavy (non-hydrogen) atoms. The van der Waals surface area contributed by atoms with Crippen molar-refractivity contribution in [2.75, 3.05) is 0 Å². The second-order valence-corrected chi connectivity index (χ2v) is 8.94. The number of rotatable bonds is 8. The van der Waals surface area contributed by atoms with Crippen LogP contribution in [0.25, 0.3) is 11.1 Å². The summed E-state index contributed by atoms with van der Waals surface area (Å²) >= 11 is 0.700. The Kier molecular flexibility index (Phi) is 6.85. The van der Waals surface area contributed by atoms with E-state index < -0.39 is 22.9 Å². The predicted octanol–water partition coefficient (Wildman–Crippen LogP) is 6.13. The molecule has 0 saturated carbocycles. The van der Waals surface area contributed by atoms with Gasteiger partial charge in [0.15, 0.2) is 0 Å². The van der Waals surface area contributed by atoms with Crippen molar-refractivity contribution in [1.82, 2.24) is 5.32 Å². The quantitative estimate of drug-likeness (QED) is 0.387. The second kappa shape index (κ2) is 9.80. The van der Waals surface area contributed by atoms with Gasteiger partial charge in [0.05, 0.1) is 5.92 Å². The van der Waals surface area contributed by atoms with Gasteiger partial charge in [0, 0.05) is 23.0 Å². The molecule has 1 aliphatic rings. The molecule has 4 nitrogen and oxygen atoms in total. The highest BCUT2D eigenvalue weighted by Crippen LogP contribution is 2.43. The molecule has 8 heteroatoms. The van der Waals surface area contributed by atoms with E-state index in [0.29, 0.717) is 40.5 Å². The fourth-order valence-electron chi connectivity index (χ4n) is 3.70. The van der Waals surface area contributed by atoms with Crippen LogP contribution in [-0.4, -0.2) is 17.1 Å². The van der Waals surface area contributed by atoms with Crippen LogP contribution in [0.3, 0.4) is 0 Å². The molecular weight excluding hydrogens is 451 g/mol. The number of ether oxygens (including phenoxy) is 1. The molecule has 0 radical (unpaired) electrons. The molecule has 3 aromatic rings. The number of hydrogen-bond acceptors (Lipinski definition) is 4. The van der Waals surface area contributed by atoms with Crippen molar-refractivity contribution in [3.63, 3.8) is 0 Å². The molecule has 1 unspecified atom stereocenters. The van der Waals surface area contributed by atoms with Crippen molar-refractivity contribution >= 4 is 17.3 Å². The van der Waals surface area contributed by atoms with Gasteiger partial charge in [-0.3, -0.25) is 4.79 Å². The number of aliphatic carboxylic acids is 1. The first-order chi connectivity index (χ1) is 15.8. The molecule has 2 aromatic carbocycles. The summed E-state index contributed by atoms with van der Waals surface area (Å²) in [4.78, 5) is 10.9. The maximum Gasteiger partial charge on any atom is 0.426 e. The molecule has 1 aromatic heterocycles. The lowest BCUT2D eigenvalue weighted by molar-refractivity contribution is -0.140. The summed E-state index contributed by atoms with van der Waals surface area (Å²) in [6.07, 6.45) is -0.324. The molecule has 1 heterocycles. The van der Waals surface area contributed by atoms with Crippen LogP contribution in [0.15, 0.2) is 72.8 Å². The molecule has 1 aliphatic carbocycles. The molecule has 2 N–H and O–H groups in total. The van der Waals surface area contributed by atoms with Gasteiger partial charge >= 0.3 is 12.1 Å². The minimum absolute atomic E-state index is 0.0162. The van der Waals surface area contributed by atoms with Gasteiger partial charge in [-0.05, 0) is 35.7 Å². The Morgan fingerprint density at radius 3 is 2.45 bits per heavy atom. The van der Waals surface area contributed by atoms with Crippen LogP contribution in [0, 0.1) is 5.92 Å². The number of benzene rings is 2. The largest absolute Gasteiger partial charge is 0.488 e. The Hall–Kier alpha value is -3.10. The van der Waals surface area contributed by atoms with Gasteiger partial charge < -0.3 is 15.2 Å². The van der Waals surface area contributed by atoms with E-state index in [1.54, 1.807) is 54.6 Å². The molecular formula is C25H22F3NO3S. The number of thiophene rings is 1. The zero-order chi connectivity index (χ0) is 23.4. The highest BCUT2D eigenvalue weighted by atomic mass is 32.1. The van der Waals surface area contributed by atoms with Gasteiger partial charge in [0.1, 0.15) is 17.2 Å². The zero-order valence-corrected chi connectivity index (χ0v) is 18.3. The molecule has 4 rings (SSSR count). The SMILES string of the molecule is O=C(O)[C@H]1C=CC(NCc2ccc(OCc3cc(-c4ccccc4)c(C(F)(F)F)s3)cc2)C1. The summed E-state index contributed by atoms with van der Waals surface area (Å²) in [6, 6.07) is 17.4. The molecule has 0 amide bonds. The Bertz CT molecular complexity index is 1120. The number of carboxylic acids is 1. The third kappa shape index (κ3) is 5.83. The maximum atomic E-state index is 13.5. The van der Waals surface area contributed by atoms with E-state index in [0.717, 1.165) is 5.56 Å². The van der Waals surface area contributed by atoms with Gasteiger partial charge in [-0.25, -0.2) is 0 Å². The van der Waals surface area contributed by atoms with E-state index in [4.69, 9.17) is 9.84 Å². The number of carboxylic acid groups (broad SMARTS) is 1. The summed E-state index contributed by atoms with van der Waals surface area (Å²) in [5.41, 5.74) is 1.69. The fourth-order valence-corrected chi connectivity index (χ4v) is 4.66. The van der Waals surface area contributed by atoms with Gasteiger partial charge in [0.25, 0.3) is 0 Å². The average Bonchev–Trinajstić information content (AvgIpc) is 3.45. The minimum atomic E-state index is -4.43. The number of hydrogen-bond donors (Lipinski definition) is 2. The van der Waals surface area contributed by atoms with E-state index in [2.05, 4.69) is 5.32 Å².